The van der Waals surface area contributed by atoms with Crippen LogP contribution in [0, 0.1) is 0 Å². The zero-order chi connectivity index (χ0) is 32.5. The lowest BCUT2D eigenvalue weighted by Crippen LogP contribution is -2.69. The number of hydrogen-bond acceptors (Lipinski definition) is 5. The van der Waals surface area contributed by atoms with E-state index in [4.69, 9.17) is 0 Å². The van der Waals surface area contributed by atoms with E-state index in [0.29, 0.717) is 13.8 Å². The van der Waals surface area contributed by atoms with Crippen molar-refractivity contribution in [3.8, 4) is 0 Å². The van der Waals surface area contributed by atoms with Gasteiger partial charge in [0, 0.05) is 6.54 Å². The normalized spacial score (nSPS) is 16.7. The van der Waals surface area contributed by atoms with E-state index in [1.54, 1.807) is 0 Å². The molecule has 0 atom stereocenters. The number of rotatable bonds is 11. The fraction of sp³-hybridized carbons (Fsp3) is 1.00. The number of halogens is 18. The molecule has 0 aliphatic heterocycles. The van der Waals surface area contributed by atoms with E-state index >= 15 is 0 Å². The first-order chi connectivity index (χ1) is 16.3. The van der Waals surface area contributed by atoms with E-state index in [1.807, 2.05) is 0 Å². The highest BCUT2D eigenvalue weighted by Gasteiger charge is 2.89. The molecule has 0 aromatic rings. The monoisotopic (exact) mass is 667 g/mol. The van der Waals surface area contributed by atoms with Crippen LogP contribution in [0.1, 0.15) is 20.3 Å². The number of sulfonamides is 2. The molecule has 6 nitrogen and oxygen atoms in total. The largest absolute Gasteiger partial charge is 0.460 e. The van der Waals surface area contributed by atoms with Crippen LogP contribution in [0.2, 0.25) is 0 Å². The maximum Gasteiger partial charge on any atom is 0.460 e. The summed E-state index contributed by atoms with van der Waals surface area (Å²) in [4.78, 5) is 0. The minimum absolute atomic E-state index is 0.361. The van der Waals surface area contributed by atoms with Crippen molar-refractivity contribution >= 4 is 20.0 Å². The highest BCUT2D eigenvalue weighted by molar-refractivity contribution is 8.05. The second kappa shape index (κ2) is 9.55. The molecule has 26 heteroatoms. The van der Waals surface area contributed by atoms with Crippen molar-refractivity contribution in [3.63, 3.8) is 0 Å². The molecule has 0 saturated heterocycles. The summed E-state index contributed by atoms with van der Waals surface area (Å²) in [6.07, 6.45) is -17.6. The number of hydrogen-bond donors (Lipinski definition) is 1. The molecule has 0 heterocycles. The highest BCUT2D eigenvalue weighted by atomic mass is 32.3. The minimum Gasteiger partial charge on any atom is -0.390 e. The Labute approximate surface area is 204 Å². The van der Waals surface area contributed by atoms with Gasteiger partial charge in [0.15, 0.2) is 0 Å². The third-order valence-electron chi connectivity index (χ3n) is 4.32. The zero-order valence-electron chi connectivity index (χ0n) is 18.1. The van der Waals surface area contributed by atoms with E-state index in [-0.39, 0.29) is 0 Å². The highest BCUT2D eigenvalue weighted by Crippen LogP contribution is 2.58. The summed E-state index contributed by atoms with van der Waals surface area (Å²) in [7, 11) is -17.7. The lowest BCUT2D eigenvalue weighted by atomic mass is 10.1. The van der Waals surface area contributed by atoms with Gasteiger partial charge < -0.3 is 5.11 Å². The summed E-state index contributed by atoms with van der Waals surface area (Å²) in [5.74, 6) is -33.2. The van der Waals surface area contributed by atoms with Crippen molar-refractivity contribution < 1.29 is 101 Å². The molecule has 1 N–H and O–H groups in total. The smallest absolute Gasteiger partial charge is 0.390 e. The molecule has 0 bridgehead atoms. The first-order valence-corrected chi connectivity index (χ1v) is 11.6. The number of nitrogens with zero attached hydrogens (tertiary/aromatic N) is 1. The average Bonchev–Trinajstić information content (AvgIpc) is 2.63. The van der Waals surface area contributed by atoms with Crippen molar-refractivity contribution in [2.75, 3.05) is 6.54 Å². The van der Waals surface area contributed by atoms with Crippen molar-refractivity contribution in [3.05, 3.63) is 0 Å². The lowest BCUT2D eigenvalue weighted by molar-refractivity contribution is -0.383. The molecule has 0 saturated carbocycles. The van der Waals surface area contributed by atoms with Crippen LogP contribution in [0.4, 0.5) is 79.0 Å². The van der Waals surface area contributed by atoms with E-state index in [2.05, 4.69) is 0 Å². The van der Waals surface area contributed by atoms with Gasteiger partial charge in [0.2, 0.25) is 0 Å². The lowest BCUT2D eigenvalue weighted by Gasteiger charge is -2.38. The quantitative estimate of drug-likeness (QED) is 0.315. The Hall–Kier alpha value is -1.44. The molecule has 236 valence electrons. The zero-order valence-corrected chi connectivity index (χ0v) is 19.7. The molecule has 0 spiro atoms. The molecular weight excluding hydrogens is 656 g/mol. The summed E-state index contributed by atoms with van der Waals surface area (Å²) in [6.45, 7) is -2.29. The van der Waals surface area contributed by atoms with Crippen molar-refractivity contribution in [2.45, 2.75) is 72.4 Å². The van der Waals surface area contributed by atoms with E-state index < -0.39 is 88.9 Å². The summed E-state index contributed by atoms with van der Waals surface area (Å²) < 4.78 is 281. The molecule has 0 rings (SSSR count). The van der Waals surface area contributed by atoms with Gasteiger partial charge in [-0.05, 0) is 20.3 Å². The van der Waals surface area contributed by atoms with E-state index in [9.17, 15) is 101 Å². The van der Waals surface area contributed by atoms with Crippen LogP contribution in [0.5, 0.6) is 0 Å². The fourth-order valence-corrected chi connectivity index (χ4v) is 5.71. The molecule has 0 unspecified atom stereocenters. The van der Waals surface area contributed by atoms with Gasteiger partial charge >= 0.3 is 46.6 Å². The molecule has 0 aromatic carbocycles. The average molecular weight is 667 g/mol. The summed E-state index contributed by atoms with van der Waals surface area (Å²) in [5.41, 5.74) is -2.77. The maximum absolute atomic E-state index is 14.1. The molecule has 0 aromatic heterocycles. The number of aliphatic hydroxyl groups is 1. The number of alkyl halides is 18. The molecule has 0 amide bonds. The molecular formula is C13H11F18NO5S2. The van der Waals surface area contributed by atoms with Crippen LogP contribution in [0.3, 0.4) is 0 Å². The Balaban J connectivity index is 7.60. The van der Waals surface area contributed by atoms with Gasteiger partial charge in [-0.25, -0.2) is 16.8 Å². The molecule has 0 aliphatic rings. The summed E-state index contributed by atoms with van der Waals surface area (Å²) >= 11 is 0. The van der Waals surface area contributed by atoms with Crippen LogP contribution in [-0.2, 0) is 20.0 Å². The standard InChI is InChI=1S/C13H11F18NO5S2/c1-5(2,33)3-4-32(38(34,35)12(28,29)8(18,19)6(14,15)10(22,23)24)39(36,37)13(30,31)9(20,21)7(16,17)11(25,26)27/h33H,3-4H2,1-2H3. The Kier molecular flexibility index (Phi) is 9.20. The second-order valence-corrected chi connectivity index (χ2v) is 11.9. The first-order valence-electron chi connectivity index (χ1n) is 8.74. The van der Waals surface area contributed by atoms with Gasteiger partial charge in [-0.3, -0.25) is 0 Å². The van der Waals surface area contributed by atoms with Gasteiger partial charge in [0.05, 0.1) is 5.60 Å². The Morgan fingerprint density at radius 3 is 0.923 bits per heavy atom. The van der Waals surface area contributed by atoms with Crippen LogP contribution in [-0.4, -0.2) is 84.4 Å². The van der Waals surface area contributed by atoms with Crippen LogP contribution in [0.25, 0.3) is 0 Å². The third kappa shape index (κ3) is 5.57. The van der Waals surface area contributed by atoms with Gasteiger partial charge in [0.25, 0.3) is 20.0 Å². The topological polar surface area (TPSA) is 91.8 Å². The van der Waals surface area contributed by atoms with Crippen molar-refractivity contribution in [1.29, 1.82) is 0 Å². The van der Waals surface area contributed by atoms with Crippen LogP contribution >= 0.6 is 0 Å². The molecule has 0 fully saturated rings. The maximum atomic E-state index is 14.1. The van der Waals surface area contributed by atoms with Crippen molar-refractivity contribution in [2.24, 2.45) is 0 Å². The van der Waals surface area contributed by atoms with E-state index in [0.717, 1.165) is 0 Å². The SMILES string of the molecule is CC(C)(O)CCN(S(=O)(=O)C(F)(F)C(F)(F)C(F)(F)C(F)(F)F)S(=O)(=O)C(F)(F)C(F)(F)C(F)(F)C(F)(F)F. The van der Waals surface area contributed by atoms with Crippen LogP contribution < -0.4 is 0 Å². The summed E-state index contributed by atoms with van der Waals surface area (Å²) in [6, 6.07) is 0. The molecule has 0 radical (unpaired) electrons. The van der Waals surface area contributed by atoms with Gasteiger partial charge in [-0.1, -0.05) is 3.71 Å². The molecule has 39 heavy (non-hydrogen) atoms. The van der Waals surface area contributed by atoms with Gasteiger partial charge in [-0.2, -0.15) is 79.0 Å². The predicted octanol–water partition coefficient (Wildman–Crippen LogP) is 4.96. The Bertz CT molecular complexity index is 1040. The Morgan fingerprint density at radius 2 is 0.744 bits per heavy atom. The van der Waals surface area contributed by atoms with E-state index in [1.165, 1.54) is 0 Å². The summed E-state index contributed by atoms with van der Waals surface area (Å²) in [5, 5.41) is -7.15. The van der Waals surface area contributed by atoms with Crippen LogP contribution in [0.15, 0.2) is 0 Å². The molecule has 0 aliphatic carbocycles. The van der Waals surface area contributed by atoms with Gasteiger partial charge in [-0.15, -0.1) is 0 Å². The fourth-order valence-electron chi connectivity index (χ4n) is 2.04. The first kappa shape index (κ1) is 37.6. The third-order valence-corrected chi connectivity index (χ3v) is 8.75. The predicted molar refractivity (Wildman–Crippen MR) is 87.3 cm³/mol. The van der Waals surface area contributed by atoms with Gasteiger partial charge in [0.1, 0.15) is 0 Å². The minimum atomic E-state index is -8.87. The second-order valence-electron chi connectivity index (χ2n) is 7.90. The van der Waals surface area contributed by atoms with Crippen molar-refractivity contribution in [1.82, 2.24) is 3.71 Å². The Morgan fingerprint density at radius 1 is 0.513 bits per heavy atom.